The minimum atomic E-state index is -0.515. The second kappa shape index (κ2) is 6.13. The van der Waals surface area contributed by atoms with E-state index in [1.54, 1.807) is 6.92 Å². The minimum absolute atomic E-state index is 0.0394. The highest BCUT2D eigenvalue weighted by Crippen LogP contribution is 2.31. The lowest BCUT2D eigenvalue weighted by molar-refractivity contribution is -0.138. The number of carbonyl (C=O) groups is 1. The van der Waals surface area contributed by atoms with Crippen molar-refractivity contribution < 1.29 is 14.6 Å². The SMILES string of the molecule is CCOC(=O)C1=C(O)CSC1=Nc1cccc(C)c1C. The number of nitrogens with zero attached hydrogens (tertiary/aromatic N) is 1. The number of hydrogen-bond donors (Lipinski definition) is 1. The topological polar surface area (TPSA) is 58.9 Å². The minimum Gasteiger partial charge on any atom is -0.510 e. The number of rotatable bonds is 3. The number of hydrogen-bond acceptors (Lipinski definition) is 5. The van der Waals surface area contributed by atoms with Crippen molar-refractivity contribution in [2.45, 2.75) is 20.8 Å². The maximum absolute atomic E-state index is 11.9. The average Bonchev–Trinajstić information content (AvgIpc) is 2.76. The van der Waals surface area contributed by atoms with E-state index in [-0.39, 0.29) is 17.9 Å². The van der Waals surface area contributed by atoms with E-state index < -0.39 is 5.97 Å². The third-order valence-corrected chi connectivity index (χ3v) is 4.11. The highest BCUT2D eigenvalue weighted by Gasteiger charge is 2.29. The smallest absolute Gasteiger partial charge is 0.344 e. The molecule has 4 nitrogen and oxygen atoms in total. The van der Waals surface area contributed by atoms with E-state index in [1.807, 2.05) is 32.0 Å². The summed E-state index contributed by atoms with van der Waals surface area (Å²) in [6.07, 6.45) is 0. The summed E-state index contributed by atoms with van der Waals surface area (Å²) in [5, 5.41) is 10.4. The summed E-state index contributed by atoms with van der Waals surface area (Å²) >= 11 is 1.35. The van der Waals surface area contributed by atoms with E-state index in [0.29, 0.717) is 10.8 Å². The molecule has 1 aromatic carbocycles. The molecular formula is C15H17NO3S. The maximum Gasteiger partial charge on any atom is 0.344 e. The van der Waals surface area contributed by atoms with Crippen LogP contribution in [0.5, 0.6) is 0 Å². The first-order valence-electron chi connectivity index (χ1n) is 6.42. The Morgan fingerprint density at radius 2 is 2.20 bits per heavy atom. The molecule has 1 heterocycles. The van der Waals surface area contributed by atoms with Crippen molar-refractivity contribution in [1.82, 2.24) is 0 Å². The largest absolute Gasteiger partial charge is 0.510 e. The van der Waals surface area contributed by atoms with E-state index in [4.69, 9.17) is 4.74 Å². The van der Waals surface area contributed by atoms with Crippen LogP contribution in [0, 0.1) is 13.8 Å². The predicted octanol–water partition coefficient (Wildman–Crippen LogP) is 3.46. The van der Waals surface area contributed by atoms with Crippen molar-refractivity contribution in [3.05, 3.63) is 40.7 Å². The van der Waals surface area contributed by atoms with Gasteiger partial charge in [0.05, 0.1) is 18.0 Å². The molecule has 5 heteroatoms. The molecule has 0 bridgehead atoms. The average molecular weight is 291 g/mol. The van der Waals surface area contributed by atoms with E-state index in [9.17, 15) is 9.90 Å². The van der Waals surface area contributed by atoms with Gasteiger partial charge < -0.3 is 9.84 Å². The number of aliphatic hydroxyl groups excluding tert-OH is 1. The van der Waals surface area contributed by atoms with Gasteiger partial charge in [0.1, 0.15) is 16.4 Å². The van der Waals surface area contributed by atoms with Crippen LogP contribution in [0.15, 0.2) is 34.5 Å². The Hall–Kier alpha value is -1.75. The lowest BCUT2D eigenvalue weighted by Crippen LogP contribution is -2.13. The number of thioether (sulfide) groups is 1. The van der Waals surface area contributed by atoms with E-state index in [0.717, 1.165) is 16.8 Å². The number of aryl methyl sites for hydroxylation is 1. The van der Waals surface area contributed by atoms with Gasteiger partial charge in [-0.25, -0.2) is 9.79 Å². The van der Waals surface area contributed by atoms with Gasteiger partial charge >= 0.3 is 5.97 Å². The van der Waals surface area contributed by atoms with Crippen LogP contribution < -0.4 is 0 Å². The van der Waals surface area contributed by atoms with Crippen LogP contribution in [0.3, 0.4) is 0 Å². The van der Waals surface area contributed by atoms with Gasteiger partial charge in [0, 0.05) is 0 Å². The molecule has 1 aliphatic heterocycles. The normalized spacial score (nSPS) is 16.9. The fourth-order valence-electron chi connectivity index (χ4n) is 1.87. The van der Waals surface area contributed by atoms with Gasteiger partial charge in [-0.2, -0.15) is 0 Å². The second-order valence-electron chi connectivity index (χ2n) is 4.47. The van der Waals surface area contributed by atoms with Crippen LogP contribution >= 0.6 is 11.8 Å². The van der Waals surface area contributed by atoms with Gasteiger partial charge in [0.2, 0.25) is 0 Å². The Bertz CT molecular complexity index is 605. The van der Waals surface area contributed by atoms with Crippen molar-refractivity contribution in [3.8, 4) is 0 Å². The number of benzene rings is 1. The summed E-state index contributed by atoms with van der Waals surface area (Å²) < 4.78 is 4.97. The zero-order valence-electron chi connectivity index (χ0n) is 11.8. The number of esters is 1. The van der Waals surface area contributed by atoms with Gasteiger partial charge in [0.25, 0.3) is 0 Å². The molecule has 106 valence electrons. The van der Waals surface area contributed by atoms with Crippen LogP contribution in [-0.4, -0.2) is 28.5 Å². The highest BCUT2D eigenvalue weighted by atomic mass is 32.2. The Labute approximate surface area is 122 Å². The van der Waals surface area contributed by atoms with Crippen LogP contribution in [0.4, 0.5) is 5.69 Å². The monoisotopic (exact) mass is 291 g/mol. The standard InChI is InChI=1S/C15H17NO3S/c1-4-19-15(18)13-12(17)8-20-14(13)16-11-7-5-6-9(2)10(11)3/h5-7,17H,4,8H2,1-3H3. The van der Waals surface area contributed by atoms with Gasteiger partial charge in [-0.3, -0.25) is 0 Å². The van der Waals surface area contributed by atoms with Gasteiger partial charge in [0.15, 0.2) is 0 Å². The number of aliphatic hydroxyl groups is 1. The molecule has 1 aromatic rings. The first-order chi connectivity index (χ1) is 9.54. The van der Waals surface area contributed by atoms with Crippen molar-refractivity contribution in [2.24, 2.45) is 4.99 Å². The number of carbonyl (C=O) groups excluding carboxylic acids is 1. The summed E-state index contributed by atoms with van der Waals surface area (Å²) in [7, 11) is 0. The zero-order chi connectivity index (χ0) is 14.7. The van der Waals surface area contributed by atoms with Crippen LogP contribution in [-0.2, 0) is 9.53 Å². The summed E-state index contributed by atoms with van der Waals surface area (Å²) in [4.78, 5) is 16.4. The molecule has 0 aliphatic carbocycles. The molecule has 0 fully saturated rings. The molecule has 0 amide bonds. The molecular weight excluding hydrogens is 274 g/mol. The molecule has 1 N–H and O–H groups in total. The van der Waals surface area contributed by atoms with E-state index in [2.05, 4.69) is 4.99 Å². The molecule has 20 heavy (non-hydrogen) atoms. The van der Waals surface area contributed by atoms with E-state index in [1.165, 1.54) is 11.8 Å². The van der Waals surface area contributed by atoms with Gasteiger partial charge in [-0.05, 0) is 38.0 Å². The van der Waals surface area contributed by atoms with E-state index >= 15 is 0 Å². The lowest BCUT2D eigenvalue weighted by atomic mass is 10.1. The lowest BCUT2D eigenvalue weighted by Gasteiger charge is -2.07. The van der Waals surface area contributed by atoms with Crippen LogP contribution in [0.2, 0.25) is 0 Å². The number of aliphatic imine (C=N–C) groups is 1. The molecule has 0 atom stereocenters. The highest BCUT2D eigenvalue weighted by molar-refractivity contribution is 8.15. The quantitative estimate of drug-likeness (QED) is 0.866. The maximum atomic E-state index is 11.9. The first kappa shape index (κ1) is 14.7. The Morgan fingerprint density at radius 3 is 2.90 bits per heavy atom. The summed E-state index contributed by atoms with van der Waals surface area (Å²) in [6.45, 7) is 6.01. The fourth-order valence-corrected chi connectivity index (χ4v) is 2.79. The van der Waals surface area contributed by atoms with Crippen molar-refractivity contribution in [1.29, 1.82) is 0 Å². The predicted molar refractivity (Wildman–Crippen MR) is 81.8 cm³/mol. The summed E-state index contributed by atoms with van der Waals surface area (Å²) in [6, 6.07) is 5.84. The van der Waals surface area contributed by atoms with Crippen molar-refractivity contribution in [2.75, 3.05) is 12.4 Å². The fraction of sp³-hybridized carbons (Fsp3) is 0.333. The molecule has 0 saturated carbocycles. The molecule has 1 aliphatic rings. The Kier molecular flexibility index (Phi) is 4.49. The molecule has 0 aromatic heterocycles. The van der Waals surface area contributed by atoms with Crippen molar-refractivity contribution >= 4 is 28.5 Å². The van der Waals surface area contributed by atoms with Gasteiger partial charge in [-0.15, -0.1) is 0 Å². The number of ether oxygens (including phenoxy) is 1. The molecule has 0 radical (unpaired) electrons. The molecule has 0 unspecified atom stereocenters. The first-order valence-corrected chi connectivity index (χ1v) is 7.40. The molecule has 2 rings (SSSR count). The summed E-state index contributed by atoms with van der Waals surface area (Å²) in [5.41, 5.74) is 3.21. The second-order valence-corrected chi connectivity index (χ2v) is 5.43. The van der Waals surface area contributed by atoms with Crippen molar-refractivity contribution in [3.63, 3.8) is 0 Å². The molecule has 0 saturated heterocycles. The third kappa shape index (κ3) is 2.88. The van der Waals surface area contributed by atoms with Crippen LogP contribution in [0.1, 0.15) is 18.1 Å². The molecule has 0 spiro atoms. The third-order valence-electron chi connectivity index (χ3n) is 3.13. The Morgan fingerprint density at radius 1 is 1.45 bits per heavy atom. The zero-order valence-corrected chi connectivity index (χ0v) is 12.6. The van der Waals surface area contributed by atoms with Crippen LogP contribution in [0.25, 0.3) is 0 Å². The summed E-state index contributed by atoms with van der Waals surface area (Å²) in [5.74, 6) is -0.116. The van der Waals surface area contributed by atoms with Gasteiger partial charge in [-0.1, -0.05) is 23.9 Å². The Balaban J connectivity index is 2.39.